The first-order chi connectivity index (χ1) is 13.8. The molecule has 1 amide bonds. The van der Waals surface area contributed by atoms with Gasteiger partial charge in [0.2, 0.25) is 6.41 Å². The molecule has 2 atom stereocenters. The van der Waals surface area contributed by atoms with E-state index in [0.717, 1.165) is 23.5 Å². The molecule has 0 N–H and O–H groups in total. The van der Waals surface area contributed by atoms with Crippen molar-refractivity contribution in [3.05, 3.63) is 29.2 Å². The number of hydrogen-bond acceptors (Lipinski definition) is 4. The maximum atomic E-state index is 13.0. The molecule has 158 valence electrons. The second kappa shape index (κ2) is 7.59. The molecule has 2 aromatic rings. The fourth-order valence-electron chi connectivity index (χ4n) is 4.39. The molecule has 1 saturated carbocycles. The minimum absolute atomic E-state index is 0.00206. The molecule has 2 aromatic heterocycles. The summed E-state index contributed by atoms with van der Waals surface area (Å²) in [5.41, 5.74) is 3.05. The molecule has 0 aromatic carbocycles. The predicted octanol–water partition coefficient (Wildman–Crippen LogP) is 3.79. The van der Waals surface area contributed by atoms with Crippen molar-refractivity contribution >= 4 is 12.1 Å². The van der Waals surface area contributed by atoms with E-state index in [0.29, 0.717) is 31.6 Å². The topological polar surface area (TPSA) is 59.7 Å². The quantitative estimate of drug-likeness (QED) is 0.723. The molecule has 3 heterocycles. The summed E-state index contributed by atoms with van der Waals surface area (Å²) in [6, 6.07) is 3.78. The number of rotatable bonds is 3. The van der Waals surface area contributed by atoms with Gasteiger partial charge in [0.25, 0.3) is 0 Å². The Bertz CT molecular complexity index is 890. The van der Waals surface area contributed by atoms with Gasteiger partial charge in [0, 0.05) is 17.7 Å². The third-order valence-corrected chi connectivity index (χ3v) is 6.16. The van der Waals surface area contributed by atoms with Crippen LogP contribution in [0.15, 0.2) is 12.1 Å². The van der Waals surface area contributed by atoms with Crippen LogP contribution in [0.3, 0.4) is 0 Å². The summed E-state index contributed by atoms with van der Waals surface area (Å²) in [6.07, 6.45) is -2.39. The molecule has 6 nitrogen and oxygen atoms in total. The van der Waals surface area contributed by atoms with Gasteiger partial charge in [-0.3, -0.25) is 4.79 Å². The average molecular weight is 410 g/mol. The summed E-state index contributed by atoms with van der Waals surface area (Å²) in [7, 11) is 0. The van der Waals surface area contributed by atoms with Crippen molar-refractivity contribution in [3.8, 4) is 0 Å². The highest BCUT2D eigenvalue weighted by atomic mass is 19.4. The van der Waals surface area contributed by atoms with Gasteiger partial charge in [-0.25, -0.2) is 9.50 Å². The van der Waals surface area contributed by atoms with Gasteiger partial charge in [-0.15, -0.1) is 0 Å². The number of amides is 1. The van der Waals surface area contributed by atoms with Gasteiger partial charge in [0.15, 0.2) is 5.65 Å². The largest absolute Gasteiger partial charge is 0.391 e. The smallest absolute Gasteiger partial charge is 0.368 e. The van der Waals surface area contributed by atoms with E-state index in [1.165, 1.54) is 0 Å². The second-order valence-corrected chi connectivity index (χ2v) is 8.22. The molecule has 9 heteroatoms. The third-order valence-electron chi connectivity index (χ3n) is 6.16. The Morgan fingerprint density at radius 1 is 1.21 bits per heavy atom. The van der Waals surface area contributed by atoms with Crippen LogP contribution in [0, 0.1) is 12.8 Å². The van der Waals surface area contributed by atoms with Crippen molar-refractivity contribution in [1.29, 1.82) is 0 Å². The van der Waals surface area contributed by atoms with E-state index in [1.807, 2.05) is 26.0 Å². The number of nitrogens with zero attached hydrogens (tertiary/aromatic N) is 4. The Kier molecular flexibility index (Phi) is 5.27. The second-order valence-electron chi connectivity index (χ2n) is 8.22. The molecule has 1 aliphatic heterocycles. The minimum Gasteiger partial charge on any atom is -0.368 e. The number of carbonyl (C=O) groups is 1. The summed E-state index contributed by atoms with van der Waals surface area (Å²) >= 11 is 0. The summed E-state index contributed by atoms with van der Waals surface area (Å²) in [5.74, 6) is -1.21. The van der Waals surface area contributed by atoms with Crippen LogP contribution in [0.25, 0.3) is 5.65 Å². The van der Waals surface area contributed by atoms with Crippen LogP contribution in [0.1, 0.15) is 61.7 Å². The van der Waals surface area contributed by atoms with Crippen LogP contribution < -0.4 is 0 Å². The highest BCUT2D eigenvalue weighted by Gasteiger charge is 2.42. The van der Waals surface area contributed by atoms with Gasteiger partial charge >= 0.3 is 6.18 Å². The van der Waals surface area contributed by atoms with E-state index in [2.05, 4.69) is 4.98 Å². The van der Waals surface area contributed by atoms with Crippen LogP contribution in [-0.4, -0.2) is 51.3 Å². The Hall–Kier alpha value is -2.16. The zero-order valence-electron chi connectivity index (χ0n) is 16.5. The fraction of sp³-hybridized carbons (Fsp3) is 0.650. The first kappa shape index (κ1) is 20.1. The number of fused-ring (bicyclic) bond motifs is 1. The SMILES string of the molecule is Cc1cc([C@H]2CN(C=O)[C@@H](C)CO2)n2nc([C@H]3CC[C@H](C(F)(F)F)CC3)cc2n1. The molecule has 0 radical (unpaired) electrons. The number of hydrogen-bond donors (Lipinski definition) is 0. The molecule has 0 bridgehead atoms. The lowest BCUT2D eigenvalue weighted by atomic mass is 9.80. The highest BCUT2D eigenvalue weighted by molar-refractivity contribution is 5.48. The molecular weight excluding hydrogens is 385 g/mol. The van der Waals surface area contributed by atoms with Crippen LogP contribution in [0.5, 0.6) is 0 Å². The number of aryl methyl sites for hydroxylation is 1. The summed E-state index contributed by atoms with van der Waals surface area (Å²) in [5, 5.41) is 4.70. The Balaban J connectivity index is 1.60. The van der Waals surface area contributed by atoms with Crippen molar-refractivity contribution in [2.75, 3.05) is 13.2 Å². The maximum Gasteiger partial charge on any atom is 0.391 e. The number of morpholine rings is 1. The van der Waals surface area contributed by atoms with Crippen molar-refractivity contribution < 1.29 is 22.7 Å². The Morgan fingerprint density at radius 2 is 1.93 bits per heavy atom. The van der Waals surface area contributed by atoms with Crippen molar-refractivity contribution in [3.63, 3.8) is 0 Å². The monoisotopic (exact) mass is 410 g/mol. The van der Waals surface area contributed by atoms with Crippen molar-refractivity contribution in [2.45, 2.75) is 63.8 Å². The molecule has 1 aliphatic carbocycles. The standard InChI is InChI=1S/C20H25F3N4O2/c1-12-7-17(18-9-26(11-28)13(2)10-29-18)27-19(24-12)8-16(25-27)14-3-5-15(6-4-14)20(21,22)23/h7-8,11,13-15,18H,3-6,9-10H2,1-2H3/t13-,14-,15-,18+/m0/s1. The van der Waals surface area contributed by atoms with E-state index in [4.69, 9.17) is 9.84 Å². The third kappa shape index (κ3) is 3.97. The van der Waals surface area contributed by atoms with E-state index in [-0.39, 0.29) is 30.9 Å². The fourth-order valence-corrected chi connectivity index (χ4v) is 4.39. The van der Waals surface area contributed by atoms with E-state index >= 15 is 0 Å². The van der Waals surface area contributed by atoms with Gasteiger partial charge in [0.05, 0.1) is 36.5 Å². The minimum atomic E-state index is -4.12. The molecule has 29 heavy (non-hydrogen) atoms. The molecular formula is C20H25F3N4O2. The number of alkyl halides is 3. The zero-order valence-corrected chi connectivity index (χ0v) is 16.5. The first-order valence-corrected chi connectivity index (χ1v) is 10.0. The molecule has 2 aliphatic rings. The van der Waals surface area contributed by atoms with Crippen LogP contribution in [0.4, 0.5) is 13.2 Å². The lowest BCUT2D eigenvalue weighted by molar-refractivity contribution is -0.182. The van der Waals surface area contributed by atoms with Gasteiger partial charge < -0.3 is 9.64 Å². The summed E-state index contributed by atoms with van der Waals surface area (Å²) < 4.78 is 46.6. The predicted molar refractivity (Wildman–Crippen MR) is 99.4 cm³/mol. The Labute approximate surface area is 167 Å². The number of ether oxygens (including phenoxy) is 1. The van der Waals surface area contributed by atoms with E-state index < -0.39 is 12.1 Å². The number of carbonyl (C=O) groups excluding carboxylic acids is 1. The normalized spacial score (nSPS) is 28.7. The molecule has 1 saturated heterocycles. The lowest BCUT2D eigenvalue weighted by Crippen LogP contribution is -2.44. The molecule has 4 rings (SSSR count). The molecule has 0 spiro atoms. The molecule has 2 fully saturated rings. The van der Waals surface area contributed by atoms with Gasteiger partial charge in [0.1, 0.15) is 6.10 Å². The van der Waals surface area contributed by atoms with E-state index in [9.17, 15) is 18.0 Å². The van der Waals surface area contributed by atoms with E-state index in [1.54, 1.807) is 9.42 Å². The number of aromatic nitrogens is 3. The molecule has 0 unspecified atom stereocenters. The van der Waals surface area contributed by atoms with Crippen LogP contribution in [-0.2, 0) is 9.53 Å². The number of halogens is 3. The highest BCUT2D eigenvalue weighted by Crippen LogP contribution is 2.42. The van der Waals surface area contributed by atoms with Crippen LogP contribution >= 0.6 is 0 Å². The van der Waals surface area contributed by atoms with Gasteiger partial charge in [-0.05, 0) is 45.6 Å². The summed E-state index contributed by atoms with van der Waals surface area (Å²) in [4.78, 5) is 17.6. The zero-order chi connectivity index (χ0) is 20.8. The Morgan fingerprint density at radius 3 is 2.59 bits per heavy atom. The first-order valence-electron chi connectivity index (χ1n) is 10.0. The van der Waals surface area contributed by atoms with Crippen molar-refractivity contribution in [1.82, 2.24) is 19.5 Å². The van der Waals surface area contributed by atoms with Crippen molar-refractivity contribution in [2.24, 2.45) is 5.92 Å². The van der Waals surface area contributed by atoms with Crippen LogP contribution in [0.2, 0.25) is 0 Å². The van der Waals surface area contributed by atoms with Gasteiger partial charge in [-0.2, -0.15) is 18.3 Å². The summed E-state index contributed by atoms with van der Waals surface area (Å²) in [6.45, 7) is 4.67. The van der Waals surface area contributed by atoms with Gasteiger partial charge in [-0.1, -0.05) is 0 Å². The lowest BCUT2D eigenvalue weighted by Gasteiger charge is -2.35. The average Bonchev–Trinajstić information content (AvgIpc) is 3.11. The maximum absolute atomic E-state index is 13.0.